The minimum absolute atomic E-state index is 0.0714. The zero-order valence-electron chi connectivity index (χ0n) is 12.9. The van der Waals surface area contributed by atoms with Crippen LogP contribution in [-0.4, -0.2) is 37.4 Å². The van der Waals surface area contributed by atoms with Gasteiger partial charge in [-0.25, -0.2) is 8.42 Å². The third-order valence-corrected chi connectivity index (χ3v) is 6.69. The van der Waals surface area contributed by atoms with Crippen LogP contribution in [0.1, 0.15) is 11.5 Å². The number of aliphatic carboxylic acids is 1. The van der Waals surface area contributed by atoms with Crippen LogP contribution >= 0.6 is 0 Å². The van der Waals surface area contributed by atoms with E-state index in [9.17, 15) is 18.3 Å². The Morgan fingerprint density at radius 3 is 2.21 bits per heavy atom. The molecule has 0 aromatic heterocycles. The van der Waals surface area contributed by atoms with Crippen molar-refractivity contribution in [1.29, 1.82) is 0 Å². The highest BCUT2D eigenvalue weighted by Crippen LogP contribution is 2.55. The first-order valence-electron chi connectivity index (χ1n) is 7.28. The third kappa shape index (κ3) is 2.37. The van der Waals surface area contributed by atoms with E-state index in [-0.39, 0.29) is 4.90 Å². The summed E-state index contributed by atoms with van der Waals surface area (Å²) in [6.45, 7) is 0. The zero-order chi connectivity index (χ0) is 17.5. The molecule has 0 heterocycles. The van der Waals surface area contributed by atoms with Crippen molar-refractivity contribution in [2.45, 2.75) is 21.6 Å². The molecule has 0 aliphatic heterocycles. The molecule has 0 spiro atoms. The Morgan fingerprint density at radius 1 is 1.12 bits per heavy atom. The van der Waals surface area contributed by atoms with Gasteiger partial charge in [-0.3, -0.25) is 4.79 Å². The van der Waals surface area contributed by atoms with Gasteiger partial charge in [0.2, 0.25) is 0 Å². The lowest BCUT2D eigenvalue weighted by molar-refractivity contribution is -0.139. The number of ether oxygens (including phenoxy) is 1. The number of sulfone groups is 1. The highest BCUT2D eigenvalue weighted by atomic mass is 32.2. The Labute approximate surface area is 139 Å². The van der Waals surface area contributed by atoms with Gasteiger partial charge < -0.3 is 15.6 Å². The van der Waals surface area contributed by atoms with Crippen molar-refractivity contribution in [3.05, 3.63) is 60.2 Å². The highest BCUT2D eigenvalue weighted by Gasteiger charge is 2.74. The molecule has 6 nitrogen and oxygen atoms in total. The number of hydrogen-bond donors (Lipinski definition) is 2. The number of benzene rings is 2. The normalized spacial score (nSPS) is 25.9. The van der Waals surface area contributed by atoms with Gasteiger partial charge in [0.05, 0.1) is 12.0 Å². The van der Waals surface area contributed by atoms with Crippen molar-refractivity contribution < 1.29 is 23.1 Å². The first kappa shape index (κ1) is 16.5. The molecular weight excluding hydrogens is 330 g/mol. The van der Waals surface area contributed by atoms with Crippen molar-refractivity contribution in [3.63, 3.8) is 0 Å². The molecule has 7 heteroatoms. The monoisotopic (exact) mass is 347 g/mol. The second-order valence-corrected chi connectivity index (χ2v) is 7.84. The first-order chi connectivity index (χ1) is 11.3. The standard InChI is InChI=1S/C17H17NO5S/c1-23-12-9-7-11(8-10-12)14-15(17(14,18)16(19)20)24(21,22)13-5-3-2-4-6-13/h2-10,14-15H,18H2,1H3,(H,19,20). The van der Waals surface area contributed by atoms with Gasteiger partial charge in [-0.2, -0.15) is 0 Å². The van der Waals surface area contributed by atoms with Gasteiger partial charge in [-0.05, 0) is 29.8 Å². The van der Waals surface area contributed by atoms with E-state index in [0.717, 1.165) is 0 Å². The Bertz CT molecular complexity index is 864. The summed E-state index contributed by atoms with van der Waals surface area (Å²) in [5.41, 5.74) is 4.71. The summed E-state index contributed by atoms with van der Waals surface area (Å²) in [4.78, 5) is 11.7. The van der Waals surface area contributed by atoms with E-state index in [1.165, 1.54) is 19.2 Å². The minimum atomic E-state index is -3.87. The molecule has 1 saturated carbocycles. The number of rotatable bonds is 5. The Morgan fingerprint density at radius 2 is 1.71 bits per heavy atom. The average molecular weight is 347 g/mol. The number of hydrogen-bond acceptors (Lipinski definition) is 5. The maximum absolute atomic E-state index is 12.9. The van der Waals surface area contributed by atoms with Crippen LogP contribution in [0.25, 0.3) is 0 Å². The van der Waals surface area contributed by atoms with Crippen molar-refractivity contribution >= 4 is 15.8 Å². The highest BCUT2D eigenvalue weighted by molar-refractivity contribution is 7.92. The fourth-order valence-electron chi connectivity index (χ4n) is 3.08. The fourth-order valence-corrected chi connectivity index (χ4v) is 5.34. The lowest BCUT2D eigenvalue weighted by atomic mass is 10.1. The molecule has 3 rings (SSSR count). The summed E-state index contributed by atoms with van der Waals surface area (Å²) in [5.74, 6) is -1.54. The largest absolute Gasteiger partial charge is 0.497 e. The van der Waals surface area contributed by atoms with Gasteiger partial charge in [-0.15, -0.1) is 0 Å². The molecule has 1 aliphatic carbocycles. The molecule has 3 N–H and O–H groups in total. The Kier molecular flexibility index (Phi) is 3.85. The molecule has 0 saturated heterocycles. The van der Waals surface area contributed by atoms with Crippen LogP contribution < -0.4 is 10.5 Å². The van der Waals surface area contributed by atoms with E-state index in [1.807, 2.05) is 0 Å². The van der Waals surface area contributed by atoms with Gasteiger partial charge in [0.15, 0.2) is 9.84 Å². The van der Waals surface area contributed by atoms with E-state index < -0.39 is 32.5 Å². The van der Waals surface area contributed by atoms with Crippen molar-refractivity contribution in [3.8, 4) is 5.75 Å². The number of carbonyl (C=O) groups is 1. The maximum Gasteiger partial charge on any atom is 0.325 e. The molecule has 24 heavy (non-hydrogen) atoms. The number of nitrogens with two attached hydrogens (primary N) is 1. The second kappa shape index (κ2) is 5.61. The van der Waals surface area contributed by atoms with Gasteiger partial charge >= 0.3 is 5.97 Å². The predicted octanol–water partition coefficient (Wildman–Crippen LogP) is 1.42. The van der Waals surface area contributed by atoms with Gasteiger partial charge in [0, 0.05) is 5.92 Å². The topological polar surface area (TPSA) is 107 Å². The molecule has 2 aromatic carbocycles. The second-order valence-electron chi connectivity index (χ2n) is 5.77. The number of methoxy groups -OCH3 is 1. The molecule has 3 atom stereocenters. The summed E-state index contributed by atoms with van der Waals surface area (Å²) < 4.78 is 30.8. The third-order valence-electron chi connectivity index (χ3n) is 4.43. The first-order valence-corrected chi connectivity index (χ1v) is 8.83. The van der Waals surface area contributed by atoms with E-state index in [0.29, 0.717) is 11.3 Å². The van der Waals surface area contributed by atoms with Crippen LogP contribution in [0.15, 0.2) is 59.5 Å². The molecule has 126 valence electrons. The number of carboxylic acids is 1. The summed E-state index contributed by atoms with van der Waals surface area (Å²) in [6, 6.07) is 14.4. The van der Waals surface area contributed by atoms with Crippen LogP contribution in [0.5, 0.6) is 5.75 Å². The Balaban J connectivity index is 2.04. The SMILES string of the molecule is COc1ccc(C2C(S(=O)(=O)c3ccccc3)C2(N)C(=O)O)cc1. The van der Waals surface area contributed by atoms with Crippen molar-refractivity contribution in [2.75, 3.05) is 7.11 Å². The van der Waals surface area contributed by atoms with Crippen LogP contribution in [0, 0.1) is 0 Å². The van der Waals surface area contributed by atoms with Crippen LogP contribution in [0.4, 0.5) is 0 Å². The van der Waals surface area contributed by atoms with Crippen molar-refractivity contribution in [1.82, 2.24) is 0 Å². The quantitative estimate of drug-likeness (QED) is 0.847. The van der Waals surface area contributed by atoms with Gasteiger partial charge in [-0.1, -0.05) is 30.3 Å². The minimum Gasteiger partial charge on any atom is -0.497 e. The molecule has 2 aromatic rings. The molecular formula is C17H17NO5S. The lowest BCUT2D eigenvalue weighted by Gasteiger charge is -2.06. The average Bonchev–Trinajstić information content (AvgIpc) is 3.24. The molecule has 0 radical (unpaired) electrons. The van der Waals surface area contributed by atoms with E-state index in [2.05, 4.69) is 0 Å². The van der Waals surface area contributed by atoms with Crippen LogP contribution in [-0.2, 0) is 14.6 Å². The summed E-state index contributed by atoms with van der Waals surface area (Å²) in [5, 5.41) is 8.30. The Hall–Kier alpha value is -2.38. The van der Waals surface area contributed by atoms with E-state index >= 15 is 0 Å². The summed E-state index contributed by atoms with van der Waals surface area (Å²) >= 11 is 0. The smallest absolute Gasteiger partial charge is 0.325 e. The summed E-state index contributed by atoms with van der Waals surface area (Å²) in [6.07, 6.45) is 0. The maximum atomic E-state index is 12.9. The van der Waals surface area contributed by atoms with Crippen LogP contribution in [0.3, 0.4) is 0 Å². The van der Waals surface area contributed by atoms with E-state index in [4.69, 9.17) is 10.5 Å². The van der Waals surface area contributed by atoms with Crippen molar-refractivity contribution in [2.24, 2.45) is 5.73 Å². The summed E-state index contributed by atoms with van der Waals surface area (Å²) in [7, 11) is -2.36. The molecule has 1 fully saturated rings. The molecule has 3 unspecified atom stereocenters. The molecule has 0 bridgehead atoms. The van der Waals surface area contributed by atoms with E-state index in [1.54, 1.807) is 42.5 Å². The van der Waals surface area contributed by atoms with Gasteiger partial charge in [0.25, 0.3) is 0 Å². The zero-order valence-corrected chi connectivity index (χ0v) is 13.7. The molecule has 1 aliphatic rings. The molecule has 0 amide bonds. The predicted molar refractivity (Wildman–Crippen MR) is 87.7 cm³/mol. The van der Waals surface area contributed by atoms with Gasteiger partial charge in [0.1, 0.15) is 16.5 Å². The lowest BCUT2D eigenvalue weighted by Crippen LogP contribution is -2.39. The van der Waals surface area contributed by atoms with Crippen LogP contribution in [0.2, 0.25) is 0 Å². The fraction of sp³-hybridized carbons (Fsp3) is 0.235. The number of carboxylic acid groups (broad SMARTS) is 1.